The van der Waals surface area contributed by atoms with Crippen molar-refractivity contribution < 1.29 is 9.50 Å². The summed E-state index contributed by atoms with van der Waals surface area (Å²) in [7, 11) is 0. The van der Waals surface area contributed by atoms with Crippen molar-refractivity contribution in [3.8, 4) is 0 Å². The highest BCUT2D eigenvalue weighted by molar-refractivity contribution is 5.92. The van der Waals surface area contributed by atoms with E-state index in [-0.39, 0.29) is 28.8 Å². The fourth-order valence-electron chi connectivity index (χ4n) is 9.81. The Morgan fingerprint density at radius 2 is 1.67 bits per heavy atom. The second kappa shape index (κ2) is 9.29. The normalized spacial score (nSPS) is 39.5. The van der Waals surface area contributed by atoms with Crippen molar-refractivity contribution in [1.82, 2.24) is 0 Å². The molecule has 2 aromatic rings. The van der Waals surface area contributed by atoms with Crippen LogP contribution in [0.4, 0.5) is 10.1 Å². The number of halogens is 1. The third-order valence-corrected chi connectivity index (χ3v) is 12.0. The lowest BCUT2D eigenvalue weighted by molar-refractivity contribution is -0.0424. The molecule has 39 heavy (non-hydrogen) atoms. The van der Waals surface area contributed by atoms with Crippen molar-refractivity contribution in [3.05, 3.63) is 77.1 Å². The minimum Gasteiger partial charge on any atom is -0.393 e. The Balaban J connectivity index is 1.19. The SMILES string of the molecule is Cc1ccc(C2CC([C@H]3CC[C@H]4[C@@H]5CC=C6C[C@@H](O)CC[C@]6(C)[C@H]5CC[C@]34C)=NN2c2ccc(F)cc2)cc1. The van der Waals surface area contributed by atoms with Gasteiger partial charge in [0.05, 0.1) is 17.8 Å². The van der Waals surface area contributed by atoms with Gasteiger partial charge in [-0.1, -0.05) is 55.3 Å². The van der Waals surface area contributed by atoms with Crippen LogP contribution in [0.15, 0.2) is 65.3 Å². The number of aliphatic hydroxyl groups is 1. The molecule has 7 rings (SSSR count). The molecule has 0 bridgehead atoms. The average Bonchev–Trinajstić information content (AvgIpc) is 3.51. The van der Waals surface area contributed by atoms with Crippen LogP contribution >= 0.6 is 0 Å². The van der Waals surface area contributed by atoms with Gasteiger partial charge in [-0.25, -0.2) is 4.39 Å². The zero-order valence-corrected chi connectivity index (χ0v) is 23.7. The number of nitrogens with zero attached hydrogens (tertiary/aromatic N) is 2. The molecule has 3 fully saturated rings. The van der Waals surface area contributed by atoms with Crippen LogP contribution in [0.25, 0.3) is 0 Å². The highest BCUT2D eigenvalue weighted by Gasteiger charge is 2.59. The molecular formula is C35H43FN2O. The van der Waals surface area contributed by atoms with Crippen LogP contribution < -0.4 is 5.01 Å². The number of allylic oxidation sites excluding steroid dienone is 1. The first kappa shape index (κ1) is 25.5. The number of anilines is 1. The first-order chi connectivity index (χ1) is 18.8. The molecule has 0 amide bonds. The maximum Gasteiger partial charge on any atom is 0.123 e. The largest absolute Gasteiger partial charge is 0.393 e. The molecule has 3 saturated carbocycles. The topological polar surface area (TPSA) is 35.8 Å². The van der Waals surface area contributed by atoms with Gasteiger partial charge in [0, 0.05) is 18.1 Å². The summed E-state index contributed by atoms with van der Waals surface area (Å²) in [6, 6.07) is 15.9. The predicted octanol–water partition coefficient (Wildman–Crippen LogP) is 8.38. The van der Waals surface area contributed by atoms with E-state index in [1.165, 1.54) is 48.9 Å². The summed E-state index contributed by atoms with van der Waals surface area (Å²) in [6.07, 6.45) is 12.6. The minimum absolute atomic E-state index is 0.142. The van der Waals surface area contributed by atoms with E-state index in [1.807, 2.05) is 12.1 Å². The van der Waals surface area contributed by atoms with E-state index < -0.39 is 0 Å². The van der Waals surface area contributed by atoms with Crippen LogP contribution in [0.5, 0.6) is 0 Å². The molecule has 1 N–H and O–H groups in total. The van der Waals surface area contributed by atoms with Crippen LogP contribution in [-0.4, -0.2) is 16.9 Å². The van der Waals surface area contributed by atoms with E-state index >= 15 is 0 Å². The molecule has 0 saturated heterocycles. The van der Waals surface area contributed by atoms with Crippen molar-refractivity contribution in [2.45, 2.75) is 90.7 Å². The van der Waals surface area contributed by atoms with Gasteiger partial charge in [-0.15, -0.1) is 0 Å². The number of aryl methyl sites for hydroxylation is 1. The fraction of sp³-hybridized carbons (Fsp3) is 0.571. The Bertz CT molecular complexity index is 1300. The first-order valence-electron chi connectivity index (χ1n) is 15.3. The Kier molecular flexibility index (Phi) is 6.08. The van der Waals surface area contributed by atoms with E-state index in [1.54, 1.807) is 17.7 Å². The quantitative estimate of drug-likeness (QED) is 0.408. The summed E-state index contributed by atoms with van der Waals surface area (Å²) in [5.74, 6) is 2.54. The van der Waals surface area contributed by atoms with Crippen molar-refractivity contribution >= 4 is 11.4 Å². The second-order valence-corrected chi connectivity index (χ2v) is 13.9. The smallest absolute Gasteiger partial charge is 0.123 e. The molecule has 1 unspecified atom stereocenters. The molecule has 2 aromatic carbocycles. The van der Waals surface area contributed by atoms with Gasteiger partial charge in [0.25, 0.3) is 0 Å². The summed E-state index contributed by atoms with van der Waals surface area (Å²) in [6.45, 7) is 7.24. The van der Waals surface area contributed by atoms with Gasteiger partial charge in [-0.3, -0.25) is 5.01 Å². The third-order valence-electron chi connectivity index (χ3n) is 12.0. The standard InChI is InChI=1S/C35H43FN2O/c1-22-4-6-23(7-5-22)33-21-32(37-38(33)26-11-9-25(36)10-12-26)31-15-14-29-28-13-8-24-20-27(39)16-18-34(24,2)30(28)17-19-35(29,31)3/h4-12,27-31,33,39H,13-21H2,1-3H3/t27-,28-,29-,30-,31+,33?,34-,35-/m0/s1. The van der Waals surface area contributed by atoms with Crippen LogP contribution in [0.3, 0.4) is 0 Å². The van der Waals surface area contributed by atoms with Gasteiger partial charge < -0.3 is 5.11 Å². The van der Waals surface area contributed by atoms with Gasteiger partial charge in [0.1, 0.15) is 5.82 Å². The number of benzene rings is 2. The molecule has 1 heterocycles. The van der Waals surface area contributed by atoms with E-state index in [2.05, 4.69) is 56.1 Å². The molecule has 4 aliphatic carbocycles. The van der Waals surface area contributed by atoms with Crippen LogP contribution in [-0.2, 0) is 0 Å². The zero-order valence-electron chi connectivity index (χ0n) is 23.7. The van der Waals surface area contributed by atoms with Crippen LogP contribution in [0.2, 0.25) is 0 Å². The van der Waals surface area contributed by atoms with Crippen molar-refractivity contribution in [1.29, 1.82) is 0 Å². The van der Waals surface area contributed by atoms with Gasteiger partial charge in [-0.05, 0) is 117 Å². The summed E-state index contributed by atoms with van der Waals surface area (Å²) < 4.78 is 13.8. The summed E-state index contributed by atoms with van der Waals surface area (Å²) >= 11 is 0. The summed E-state index contributed by atoms with van der Waals surface area (Å²) in [4.78, 5) is 0. The van der Waals surface area contributed by atoms with Gasteiger partial charge >= 0.3 is 0 Å². The van der Waals surface area contributed by atoms with Gasteiger partial charge in [0.15, 0.2) is 0 Å². The highest BCUT2D eigenvalue weighted by atomic mass is 19.1. The zero-order chi connectivity index (χ0) is 26.9. The number of hydrogen-bond donors (Lipinski definition) is 1. The van der Waals surface area contributed by atoms with Crippen LogP contribution in [0, 0.1) is 47.2 Å². The summed E-state index contributed by atoms with van der Waals surface area (Å²) in [5, 5.41) is 17.9. The first-order valence-corrected chi connectivity index (χ1v) is 15.3. The molecule has 206 valence electrons. The number of hydrogen-bond acceptors (Lipinski definition) is 3. The maximum atomic E-state index is 13.8. The maximum absolute atomic E-state index is 13.8. The Hall–Kier alpha value is -2.46. The summed E-state index contributed by atoms with van der Waals surface area (Å²) in [5.41, 5.74) is 6.99. The molecule has 1 aliphatic heterocycles. The lowest BCUT2D eigenvalue weighted by Gasteiger charge is -2.58. The number of rotatable bonds is 3. The third kappa shape index (κ3) is 4.04. The van der Waals surface area contributed by atoms with Gasteiger partial charge in [0.2, 0.25) is 0 Å². The van der Waals surface area contributed by atoms with Gasteiger partial charge in [-0.2, -0.15) is 5.10 Å². The fourth-order valence-corrected chi connectivity index (χ4v) is 9.81. The van der Waals surface area contributed by atoms with Crippen molar-refractivity contribution in [2.75, 3.05) is 5.01 Å². The Morgan fingerprint density at radius 3 is 2.44 bits per heavy atom. The molecule has 3 nitrogen and oxygen atoms in total. The molecule has 5 aliphatic rings. The number of hydrazone groups is 1. The second-order valence-electron chi connectivity index (χ2n) is 13.9. The average molecular weight is 527 g/mol. The Morgan fingerprint density at radius 1 is 0.897 bits per heavy atom. The van der Waals surface area contributed by atoms with Crippen LogP contribution in [0.1, 0.15) is 88.8 Å². The Labute approximate surface area is 233 Å². The monoisotopic (exact) mass is 526 g/mol. The minimum atomic E-state index is -0.206. The molecule has 0 aromatic heterocycles. The van der Waals surface area contributed by atoms with E-state index in [9.17, 15) is 9.50 Å². The molecule has 0 radical (unpaired) electrons. The molecule has 4 heteroatoms. The van der Waals surface area contributed by atoms with E-state index in [0.29, 0.717) is 5.92 Å². The predicted molar refractivity (Wildman–Crippen MR) is 156 cm³/mol. The molecular weight excluding hydrogens is 483 g/mol. The molecule has 0 spiro atoms. The van der Waals surface area contributed by atoms with E-state index in [4.69, 9.17) is 5.10 Å². The van der Waals surface area contributed by atoms with Crippen molar-refractivity contribution in [3.63, 3.8) is 0 Å². The lowest BCUT2D eigenvalue weighted by atomic mass is 9.47. The van der Waals surface area contributed by atoms with E-state index in [0.717, 1.165) is 49.1 Å². The number of aliphatic hydroxyl groups excluding tert-OH is 1. The number of fused-ring (bicyclic) bond motifs is 5. The highest BCUT2D eigenvalue weighted by Crippen LogP contribution is 2.67. The molecule has 8 atom stereocenters. The lowest BCUT2D eigenvalue weighted by Crippen LogP contribution is -2.51. The van der Waals surface area contributed by atoms with Crippen molar-refractivity contribution in [2.24, 2.45) is 39.6 Å².